The molecular weight excluding hydrogens is 466 g/mol. The third-order valence-corrected chi connectivity index (χ3v) is 7.19. The van der Waals surface area contributed by atoms with Crippen LogP contribution >= 0.6 is 0 Å². The van der Waals surface area contributed by atoms with E-state index in [0.29, 0.717) is 49.5 Å². The van der Waals surface area contributed by atoms with Crippen LogP contribution in [0.25, 0.3) is 0 Å². The zero-order valence-corrected chi connectivity index (χ0v) is 21.1. The summed E-state index contributed by atoms with van der Waals surface area (Å²) in [6, 6.07) is 21.6. The Balaban J connectivity index is 1.24. The Labute approximate surface area is 217 Å². The van der Waals surface area contributed by atoms with Crippen LogP contribution in [0, 0.1) is 0 Å². The second-order valence-corrected chi connectivity index (χ2v) is 9.64. The highest BCUT2D eigenvalue weighted by Gasteiger charge is 2.31. The van der Waals surface area contributed by atoms with Gasteiger partial charge in [-0.05, 0) is 54.2 Å². The van der Waals surface area contributed by atoms with Crippen LogP contribution in [0.3, 0.4) is 0 Å². The van der Waals surface area contributed by atoms with Crippen molar-refractivity contribution in [2.45, 2.75) is 45.0 Å². The molecule has 0 bridgehead atoms. The molecule has 2 amide bonds. The first kappa shape index (κ1) is 25.0. The third kappa shape index (κ3) is 5.53. The highest BCUT2D eigenvalue weighted by atomic mass is 16.5. The van der Waals surface area contributed by atoms with Crippen LogP contribution in [-0.2, 0) is 25.9 Å². The molecule has 3 aromatic carbocycles. The van der Waals surface area contributed by atoms with E-state index in [1.165, 1.54) is 16.7 Å². The summed E-state index contributed by atoms with van der Waals surface area (Å²) in [5.74, 6) is 0.0193. The van der Waals surface area contributed by atoms with Crippen LogP contribution in [0.1, 0.15) is 49.9 Å². The van der Waals surface area contributed by atoms with E-state index in [4.69, 9.17) is 4.74 Å². The number of nitrogens with one attached hydrogen (secondary N) is 2. The lowest BCUT2D eigenvalue weighted by atomic mass is 9.93. The Hall–Kier alpha value is -3.68. The fourth-order valence-corrected chi connectivity index (χ4v) is 5.13. The molecule has 0 fully saturated rings. The average Bonchev–Trinajstić information content (AvgIpc) is 3.24. The lowest BCUT2D eigenvalue weighted by Gasteiger charge is -2.30. The van der Waals surface area contributed by atoms with Gasteiger partial charge in [0, 0.05) is 37.8 Å². The second kappa shape index (κ2) is 11.2. The highest BCUT2D eigenvalue weighted by molar-refractivity contribution is 6.03. The van der Waals surface area contributed by atoms with Crippen molar-refractivity contribution < 1.29 is 19.4 Å². The van der Waals surface area contributed by atoms with E-state index < -0.39 is 6.10 Å². The van der Waals surface area contributed by atoms with Crippen LogP contribution in [0.4, 0.5) is 0 Å². The maximum absolute atomic E-state index is 13.2. The van der Waals surface area contributed by atoms with Gasteiger partial charge in [0.1, 0.15) is 5.75 Å². The van der Waals surface area contributed by atoms with Crippen molar-refractivity contribution in [1.29, 1.82) is 0 Å². The molecule has 0 aliphatic carbocycles. The molecule has 2 aliphatic rings. The Morgan fingerprint density at radius 3 is 2.65 bits per heavy atom. The minimum Gasteiger partial charge on any atom is -0.493 e. The second-order valence-electron chi connectivity index (χ2n) is 9.64. The summed E-state index contributed by atoms with van der Waals surface area (Å²) >= 11 is 0. The Bertz CT molecular complexity index is 1280. The standard InChI is InChI=1S/C30H33N3O4/c1-2-37-28-16-24-23(19-33(30(24)36)13-12-20-8-4-3-5-9-20)14-25(28)29(35)32-18-27(34)26-15-21-10-6-7-11-22(21)17-31-26/h3-11,14,16,26-27,31,34H,2,12-13,15,17-19H2,1H3,(H,32,35)/t26-,27+/m0/s1. The van der Waals surface area contributed by atoms with Gasteiger partial charge in [0.15, 0.2) is 0 Å². The molecular formula is C30H33N3O4. The Morgan fingerprint density at radius 1 is 1.11 bits per heavy atom. The van der Waals surface area contributed by atoms with Gasteiger partial charge in [-0.3, -0.25) is 9.59 Å². The number of benzene rings is 3. The monoisotopic (exact) mass is 499 g/mol. The first-order valence-electron chi connectivity index (χ1n) is 12.9. The smallest absolute Gasteiger partial charge is 0.255 e. The van der Waals surface area contributed by atoms with E-state index in [1.807, 2.05) is 42.2 Å². The molecule has 3 aromatic rings. The van der Waals surface area contributed by atoms with E-state index in [9.17, 15) is 14.7 Å². The third-order valence-electron chi connectivity index (χ3n) is 7.19. The highest BCUT2D eigenvalue weighted by Crippen LogP contribution is 2.31. The molecule has 3 N–H and O–H groups in total. The van der Waals surface area contributed by atoms with Gasteiger partial charge in [-0.2, -0.15) is 0 Å². The van der Waals surface area contributed by atoms with E-state index in [2.05, 4.69) is 34.9 Å². The van der Waals surface area contributed by atoms with Crippen molar-refractivity contribution in [3.63, 3.8) is 0 Å². The maximum atomic E-state index is 13.2. The number of amides is 2. The van der Waals surface area contributed by atoms with E-state index >= 15 is 0 Å². The predicted octanol–water partition coefficient (Wildman–Crippen LogP) is 3.09. The Morgan fingerprint density at radius 2 is 1.86 bits per heavy atom. The lowest BCUT2D eigenvalue weighted by Crippen LogP contribution is -2.49. The van der Waals surface area contributed by atoms with E-state index in [0.717, 1.165) is 12.0 Å². The number of carbonyl (C=O) groups is 2. The molecule has 2 heterocycles. The fraction of sp³-hybridized carbons (Fsp3) is 0.333. The number of ether oxygens (including phenoxy) is 1. The first-order chi connectivity index (χ1) is 18.0. The molecule has 0 saturated carbocycles. The summed E-state index contributed by atoms with van der Waals surface area (Å²) in [6.45, 7) is 4.09. The molecule has 0 saturated heterocycles. The Kier molecular flexibility index (Phi) is 7.53. The van der Waals surface area contributed by atoms with Gasteiger partial charge in [-0.1, -0.05) is 54.6 Å². The lowest BCUT2D eigenvalue weighted by molar-refractivity contribution is 0.0779. The fourth-order valence-electron chi connectivity index (χ4n) is 5.13. The molecule has 7 nitrogen and oxygen atoms in total. The quantitative estimate of drug-likeness (QED) is 0.421. The minimum atomic E-state index is -0.739. The number of aliphatic hydroxyl groups excluding tert-OH is 1. The van der Waals surface area contributed by atoms with E-state index in [-0.39, 0.29) is 24.4 Å². The topological polar surface area (TPSA) is 90.9 Å². The number of hydrogen-bond donors (Lipinski definition) is 3. The average molecular weight is 500 g/mol. The summed E-state index contributed by atoms with van der Waals surface area (Å²) in [7, 11) is 0. The summed E-state index contributed by atoms with van der Waals surface area (Å²) < 4.78 is 5.75. The molecule has 5 rings (SSSR count). The SMILES string of the molecule is CCOc1cc2c(cc1C(=O)NC[C@@H](O)[C@@H]1Cc3ccccc3CN1)CN(CCc1ccccc1)C2=O. The van der Waals surface area contributed by atoms with Crippen LogP contribution in [-0.4, -0.2) is 53.7 Å². The molecule has 7 heteroatoms. The molecule has 192 valence electrons. The van der Waals surface area contributed by atoms with Crippen molar-refractivity contribution in [2.75, 3.05) is 19.7 Å². The van der Waals surface area contributed by atoms with Gasteiger partial charge in [-0.25, -0.2) is 0 Å². The molecule has 2 atom stereocenters. The van der Waals surface area contributed by atoms with Gasteiger partial charge < -0.3 is 25.4 Å². The van der Waals surface area contributed by atoms with Crippen molar-refractivity contribution in [2.24, 2.45) is 0 Å². The normalized spacial score (nSPS) is 17.2. The number of fused-ring (bicyclic) bond motifs is 2. The van der Waals surface area contributed by atoms with Crippen molar-refractivity contribution in [3.05, 3.63) is 100 Å². The number of hydrogen-bond acceptors (Lipinski definition) is 5. The van der Waals surface area contributed by atoms with Crippen LogP contribution in [0.5, 0.6) is 5.75 Å². The molecule has 2 aliphatic heterocycles. The number of aliphatic hydroxyl groups is 1. The number of carbonyl (C=O) groups excluding carboxylic acids is 2. The molecule has 0 spiro atoms. The molecule has 0 unspecified atom stereocenters. The van der Waals surface area contributed by atoms with Gasteiger partial charge >= 0.3 is 0 Å². The van der Waals surface area contributed by atoms with Gasteiger partial charge in [0.25, 0.3) is 11.8 Å². The van der Waals surface area contributed by atoms with Crippen molar-refractivity contribution in [1.82, 2.24) is 15.5 Å². The van der Waals surface area contributed by atoms with Crippen molar-refractivity contribution >= 4 is 11.8 Å². The molecule has 0 radical (unpaired) electrons. The predicted molar refractivity (Wildman–Crippen MR) is 142 cm³/mol. The number of rotatable bonds is 9. The maximum Gasteiger partial charge on any atom is 0.255 e. The summed E-state index contributed by atoms with van der Waals surface area (Å²) in [6.07, 6.45) is 0.735. The van der Waals surface area contributed by atoms with Gasteiger partial charge in [0.2, 0.25) is 0 Å². The minimum absolute atomic E-state index is 0.0436. The van der Waals surface area contributed by atoms with Crippen LogP contribution in [0.2, 0.25) is 0 Å². The van der Waals surface area contributed by atoms with E-state index in [1.54, 1.807) is 12.1 Å². The summed E-state index contributed by atoms with van der Waals surface area (Å²) in [5.41, 5.74) is 5.41. The largest absolute Gasteiger partial charge is 0.493 e. The number of nitrogens with zero attached hydrogens (tertiary/aromatic N) is 1. The molecule has 0 aromatic heterocycles. The summed E-state index contributed by atoms with van der Waals surface area (Å²) in [5, 5.41) is 17.0. The van der Waals surface area contributed by atoms with Crippen LogP contribution < -0.4 is 15.4 Å². The zero-order chi connectivity index (χ0) is 25.8. The summed E-state index contributed by atoms with van der Waals surface area (Å²) in [4.78, 5) is 28.1. The van der Waals surface area contributed by atoms with Gasteiger partial charge in [0.05, 0.1) is 18.3 Å². The van der Waals surface area contributed by atoms with Crippen LogP contribution in [0.15, 0.2) is 66.7 Å². The van der Waals surface area contributed by atoms with Crippen molar-refractivity contribution in [3.8, 4) is 5.75 Å². The molecule has 37 heavy (non-hydrogen) atoms. The zero-order valence-electron chi connectivity index (χ0n) is 21.1. The first-order valence-corrected chi connectivity index (χ1v) is 12.9. The van der Waals surface area contributed by atoms with Gasteiger partial charge in [-0.15, -0.1) is 0 Å².